The lowest BCUT2D eigenvalue weighted by Crippen LogP contribution is -2.41. The predicted octanol–water partition coefficient (Wildman–Crippen LogP) is 2.97. The van der Waals surface area contributed by atoms with Gasteiger partial charge in [-0.15, -0.1) is 0 Å². The van der Waals surface area contributed by atoms with Crippen LogP contribution >= 0.6 is 15.9 Å². The van der Waals surface area contributed by atoms with E-state index in [1.165, 1.54) is 0 Å². The average molecular weight is 427 g/mol. The molecule has 0 bridgehead atoms. The molecule has 2 fully saturated rings. The number of ether oxygens (including phenoxy) is 1. The van der Waals surface area contributed by atoms with E-state index in [0.717, 1.165) is 30.4 Å². The normalized spacial score (nSPS) is 26.1. The van der Waals surface area contributed by atoms with Gasteiger partial charge < -0.3 is 19.3 Å². The van der Waals surface area contributed by atoms with Gasteiger partial charge in [-0.3, -0.25) is 9.59 Å². The maximum absolute atomic E-state index is 12.8. The molecule has 0 unspecified atom stereocenters. The van der Waals surface area contributed by atoms with E-state index in [1.807, 2.05) is 21.7 Å². The van der Waals surface area contributed by atoms with E-state index >= 15 is 0 Å². The lowest BCUT2D eigenvalue weighted by atomic mass is 9.78. The number of esters is 1. The molecule has 6 nitrogen and oxygen atoms in total. The quantitative estimate of drug-likeness (QED) is 0.734. The highest BCUT2D eigenvalue weighted by Crippen LogP contribution is 2.35. The summed E-state index contributed by atoms with van der Waals surface area (Å²) in [5.74, 6) is -0.266. The summed E-state index contributed by atoms with van der Waals surface area (Å²) < 4.78 is 7.79. The van der Waals surface area contributed by atoms with E-state index in [1.54, 1.807) is 6.92 Å². The molecule has 2 aliphatic rings. The predicted molar refractivity (Wildman–Crippen MR) is 101 cm³/mol. The topological polar surface area (TPSA) is 71.8 Å². The second kappa shape index (κ2) is 8.13. The van der Waals surface area contributed by atoms with Crippen LogP contribution in [0.4, 0.5) is 0 Å². The van der Waals surface area contributed by atoms with Gasteiger partial charge in [0.25, 0.3) is 5.91 Å². The van der Waals surface area contributed by atoms with Crippen molar-refractivity contribution in [3.63, 3.8) is 0 Å². The third kappa shape index (κ3) is 4.31. The molecular weight excluding hydrogens is 400 g/mol. The molecule has 0 radical (unpaired) electrons. The largest absolute Gasteiger partial charge is 0.466 e. The molecular formula is C19H27BrN2O4. The number of hydrogen-bond acceptors (Lipinski definition) is 4. The molecule has 1 N–H and O–H groups in total. The number of hydrogen-bond donors (Lipinski definition) is 1. The number of carbonyl (C=O) groups excluding carboxylic acids is 2. The molecule has 1 aliphatic heterocycles. The first kappa shape index (κ1) is 19.4. The lowest BCUT2D eigenvalue weighted by Gasteiger charge is -2.36. The zero-order valence-corrected chi connectivity index (χ0v) is 16.8. The van der Waals surface area contributed by atoms with Crippen molar-refractivity contribution in [1.29, 1.82) is 0 Å². The van der Waals surface area contributed by atoms with Crippen molar-refractivity contribution in [2.75, 3.05) is 19.7 Å². The Morgan fingerprint density at radius 3 is 2.58 bits per heavy atom. The van der Waals surface area contributed by atoms with E-state index in [0.29, 0.717) is 44.5 Å². The van der Waals surface area contributed by atoms with Crippen molar-refractivity contribution >= 4 is 27.8 Å². The minimum Gasteiger partial charge on any atom is -0.466 e. The van der Waals surface area contributed by atoms with E-state index in [9.17, 15) is 14.7 Å². The third-order valence-corrected chi connectivity index (χ3v) is 5.91. The van der Waals surface area contributed by atoms with Gasteiger partial charge in [-0.1, -0.05) is 0 Å². The van der Waals surface area contributed by atoms with Gasteiger partial charge in [0, 0.05) is 23.8 Å². The van der Waals surface area contributed by atoms with Crippen molar-refractivity contribution in [1.82, 2.24) is 9.47 Å². The maximum atomic E-state index is 12.8. The number of rotatable bonds is 5. The van der Waals surface area contributed by atoms with E-state index in [2.05, 4.69) is 15.9 Å². The summed E-state index contributed by atoms with van der Waals surface area (Å²) in [6, 6.07) is 1.83. The maximum Gasteiger partial charge on any atom is 0.308 e. The second-order valence-electron chi connectivity index (χ2n) is 7.42. The Morgan fingerprint density at radius 2 is 1.96 bits per heavy atom. The molecule has 0 spiro atoms. The molecule has 1 aromatic heterocycles. The average Bonchev–Trinajstić information content (AvgIpc) is 3.25. The highest BCUT2D eigenvalue weighted by molar-refractivity contribution is 9.10. The van der Waals surface area contributed by atoms with Crippen LogP contribution in [0.25, 0.3) is 0 Å². The van der Waals surface area contributed by atoms with E-state index in [-0.39, 0.29) is 17.8 Å². The highest BCUT2D eigenvalue weighted by atomic mass is 79.9. The van der Waals surface area contributed by atoms with Gasteiger partial charge in [0.1, 0.15) is 5.69 Å². The summed E-state index contributed by atoms with van der Waals surface area (Å²) >= 11 is 3.45. The van der Waals surface area contributed by atoms with Crippen molar-refractivity contribution in [3.8, 4) is 0 Å². The molecule has 1 saturated heterocycles. The molecule has 2 heterocycles. The van der Waals surface area contributed by atoms with E-state index < -0.39 is 5.60 Å². The zero-order valence-electron chi connectivity index (χ0n) is 15.2. The first-order valence-electron chi connectivity index (χ1n) is 9.46. The molecule has 1 saturated carbocycles. The van der Waals surface area contributed by atoms with Crippen molar-refractivity contribution in [2.24, 2.45) is 5.92 Å². The van der Waals surface area contributed by atoms with Crippen LogP contribution in [0.1, 0.15) is 55.9 Å². The molecule has 1 aliphatic carbocycles. The van der Waals surface area contributed by atoms with Crippen LogP contribution in [-0.2, 0) is 16.1 Å². The molecule has 144 valence electrons. The van der Waals surface area contributed by atoms with Crippen LogP contribution < -0.4 is 0 Å². The fourth-order valence-corrected chi connectivity index (χ4v) is 4.46. The van der Waals surface area contributed by atoms with Crippen molar-refractivity contribution in [3.05, 3.63) is 22.4 Å². The molecule has 3 rings (SSSR count). The Bertz CT molecular complexity index is 658. The van der Waals surface area contributed by atoms with Crippen LogP contribution in [0.15, 0.2) is 16.7 Å². The molecule has 0 aromatic carbocycles. The number of nitrogens with zero attached hydrogens (tertiary/aromatic N) is 2. The number of amides is 1. The van der Waals surface area contributed by atoms with E-state index in [4.69, 9.17) is 4.74 Å². The number of aromatic nitrogens is 1. The lowest BCUT2D eigenvalue weighted by molar-refractivity contribution is -0.151. The zero-order chi connectivity index (χ0) is 18.7. The summed E-state index contributed by atoms with van der Waals surface area (Å²) in [6.07, 6.45) is 6.26. The van der Waals surface area contributed by atoms with Gasteiger partial charge in [-0.05, 0) is 67.4 Å². The summed E-state index contributed by atoms with van der Waals surface area (Å²) in [7, 11) is 0. The third-order valence-electron chi connectivity index (χ3n) is 5.48. The first-order valence-corrected chi connectivity index (χ1v) is 10.2. The first-order chi connectivity index (χ1) is 12.4. The Morgan fingerprint density at radius 1 is 1.31 bits per heavy atom. The van der Waals surface area contributed by atoms with Gasteiger partial charge in [0.15, 0.2) is 0 Å². The van der Waals surface area contributed by atoms with Crippen LogP contribution in [0.3, 0.4) is 0 Å². The Labute approximate surface area is 162 Å². The van der Waals surface area contributed by atoms with Gasteiger partial charge in [0.2, 0.25) is 0 Å². The van der Waals surface area contributed by atoms with Gasteiger partial charge in [-0.2, -0.15) is 0 Å². The highest BCUT2D eigenvalue weighted by Gasteiger charge is 2.37. The summed E-state index contributed by atoms with van der Waals surface area (Å²) in [5, 5.41) is 11.0. The number of halogens is 1. The summed E-state index contributed by atoms with van der Waals surface area (Å²) in [4.78, 5) is 26.6. The standard InChI is InChI=1S/C19H27BrN2O4/c1-2-26-18(24)14-5-7-19(25,8-6-14)13-22-12-15(20)11-16(22)17(23)21-9-3-4-10-21/h11-12,14,25H,2-10,13H2,1H3. The smallest absolute Gasteiger partial charge is 0.308 e. The van der Waals surface area contributed by atoms with Crippen LogP contribution in [0.2, 0.25) is 0 Å². The Balaban J connectivity index is 1.67. The molecule has 1 amide bonds. The molecule has 7 heteroatoms. The van der Waals surface area contributed by atoms with Crippen LogP contribution in [-0.4, -0.2) is 51.7 Å². The number of likely N-dealkylation sites (tertiary alicyclic amines) is 1. The summed E-state index contributed by atoms with van der Waals surface area (Å²) in [5.41, 5.74) is -0.290. The van der Waals surface area contributed by atoms with Gasteiger partial charge in [-0.25, -0.2) is 0 Å². The number of aliphatic hydroxyl groups is 1. The fourth-order valence-electron chi connectivity index (χ4n) is 3.99. The second-order valence-corrected chi connectivity index (χ2v) is 8.34. The molecule has 26 heavy (non-hydrogen) atoms. The Kier molecular flexibility index (Phi) is 6.07. The van der Waals surface area contributed by atoms with Gasteiger partial charge in [0.05, 0.1) is 24.7 Å². The van der Waals surface area contributed by atoms with Crippen molar-refractivity contribution in [2.45, 2.75) is 57.6 Å². The minimum atomic E-state index is -0.901. The fraction of sp³-hybridized carbons (Fsp3) is 0.684. The monoisotopic (exact) mass is 426 g/mol. The van der Waals surface area contributed by atoms with Crippen molar-refractivity contribution < 1.29 is 19.4 Å². The van der Waals surface area contributed by atoms with Gasteiger partial charge >= 0.3 is 5.97 Å². The summed E-state index contributed by atoms with van der Waals surface area (Å²) in [6.45, 7) is 4.15. The van der Waals surface area contributed by atoms with Crippen LogP contribution in [0, 0.1) is 5.92 Å². The number of carbonyl (C=O) groups is 2. The minimum absolute atomic E-state index is 0.0250. The molecule has 0 atom stereocenters. The SMILES string of the molecule is CCOC(=O)C1CCC(O)(Cn2cc(Br)cc2C(=O)N2CCCC2)CC1. The molecule has 1 aromatic rings. The van der Waals surface area contributed by atoms with Crippen LogP contribution in [0.5, 0.6) is 0 Å². The Hall–Kier alpha value is -1.34.